The summed E-state index contributed by atoms with van der Waals surface area (Å²) in [6.07, 6.45) is 5.79. The van der Waals surface area contributed by atoms with E-state index in [-0.39, 0.29) is 17.3 Å². The quantitative estimate of drug-likeness (QED) is 0.845. The third-order valence-electron chi connectivity index (χ3n) is 4.47. The van der Waals surface area contributed by atoms with Crippen LogP contribution in [0.15, 0.2) is 15.4 Å². The fraction of sp³-hybridized carbons (Fsp3) is 0.733. The molecular weight excluding hydrogens is 290 g/mol. The summed E-state index contributed by atoms with van der Waals surface area (Å²) in [5.41, 5.74) is 0. The van der Waals surface area contributed by atoms with Gasteiger partial charge in [0, 0.05) is 12.6 Å². The van der Waals surface area contributed by atoms with Gasteiger partial charge in [-0.1, -0.05) is 26.2 Å². The fourth-order valence-electron chi connectivity index (χ4n) is 3.02. The maximum absolute atomic E-state index is 12.3. The number of nitrogens with one attached hydrogen (secondary N) is 1. The molecule has 0 amide bonds. The van der Waals surface area contributed by atoms with Crippen LogP contribution in [-0.2, 0) is 16.6 Å². The molecule has 0 bridgehead atoms. The summed E-state index contributed by atoms with van der Waals surface area (Å²) in [4.78, 5) is 0.133. The van der Waals surface area contributed by atoms with Crippen molar-refractivity contribution in [3.05, 3.63) is 17.6 Å². The lowest BCUT2D eigenvalue weighted by atomic mass is 9.81. The van der Waals surface area contributed by atoms with Crippen molar-refractivity contribution in [3.8, 4) is 0 Å². The largest absolute Gasteiger partial charge is 0.462 e. The van der Waals surface area contributed by atoms with Gasteiger partial charge < -0.3 is 9.52 Å². The third-order valence-corrected chi connectivity index (χ3v) is 6.01. The number of aliphatic hydroxyl groups is 1. The first-order valence-electron chi connectivity index (χ1n) is 7.66. The van der Waals surface area contributed by atoms with Gasteiger partial charge in [0.2, 0.25) is 10.0 Å². The van der Waals surface area contributed by atoms with E-state index in [0.29, 0.717) is 18.2 Å². The van der Waals surface area contributed by atoms with Crippen LogP contribution in [0.25, 0.3) is 0 Å². The summed E-state index contributed by atoms with van der Waals surface area (Å²) in [6.45, 7) is 4.00. The van der Waals surface area contributed by atoms with Crippen LogP contribution in [0.5, 0.6) is 0 Å². The lowest BCUT2D eigenvalue weighted by molar-refractivity contribution is 0.244. The van der Waals surface area contributed by atoms with E-state index < -0.39 is 10.0 Å². The van der Waals surface area contributed by atoms with Gasteiger partial charge in [0.1, 0.15) is 23.0 Å². The molecule has 6 heteroatoms. The molecule has 0 radical (unpaired) electrons. The van der Waals surface area contributed by atoms with Gasteiger partial charge in [-0.25, -0.2) is 13.1 Å². The van der Waals surface area contributed by atoms with Crippen LogP contribution in [0.3, 0.4) is 0 Å². The maximum atomic E-state index is 12.3. The van der Waals surface area contributed by atoms with Gasteiger partial charge in [-0.2, -0.15) is 0 Å². The molecule has 21 heavy (non-hydrogen) atoms. The van der Waals surface area contributed by atoms with Crippen molar-refractivity contribution >= 4 is 10.0 Å². The minimum atomic E-state index is -3.55. The molecule has 1 saturated carbocycles. The minimum absolute atomic E-state index is 0.133. The molecule has 1 heterocycles. The van der Waals surface area contributed by atoms with E-state index in [1.165, 1.54) is 25.3 Å². The van der Waals surface area contributed by atoms with E-state index in [2.05, 4.69) is 11.6 Å². The van der Waals surface area contributed by atoms with Crippen molar-refractivity contribution < 1.29 is 17.9 Å². The Morgan fingerprint density at radius 3 is 2.43 bits per heavy atom. The predicted molar refractivity (Wildman–Crippen MR) is 80.3 cm³/mol. The molecule has 5 nitrogen and oxygen atoms in total. The Balaban J connectivity index is 1.94. The first-order chi connectivity index (χ1) is 9.96. The Bertz CT molecular complexity index is 556. The molecule has 0 atom stereocenters. The molecule has 1 aromatic rings. The number of sulfonamides is 1. The summed E-state index contributed by atoms with van der Waals surface area (Å²) in [6, 6.07) is 1.39. The standard InChI is InChI=1S/C15H25NO4S/c1-3-12-4-6-13(7-5-12)9-16-21(18,19)15-8-14(10-17)20-11(15)2/h8,12-13,16-17H,3-7,9-10H2,1-2H3. The zero-order chi connectivity index (χ0) is 15.5. The molecule has 2 rings (SSSR count). The molecule has 0 aromatic carbocycles. The zero-order valence-electron chi connectivity index (χ0n) is 12.8. The van der Waals surface area contributed by atoms with E-state index in [4.69, 9.17) is 9.52 Å². The first-order valence-corrected chi connectivity index (χ1v) is 9.14. The summed E-state index contributed by atoms with van der Waals surface area (Å²) in [7, 11) is -3.55. The normalized spacial score (nSPS) is 23.4. The molecule has 0 spiro atoms. The van der Waals surface area contributed by atoms with Crippen LogP contribution >= 0.6 is 0 Å². The Kier molecular flexibility index (Phi) is 5.46. The number of hydrogen-bond acceptors (Lipinski definition) is 4. The number of furan rings is 1. The average molecular weight is 315 g/mol. The Labute approximate surface area is 126 Å². The number of aliphatic hydroxyl groups excluding tert-OH is 1. The van der Waals surface area contributed by atoms with Gasteiger partial charge in [-0.15, -0.1) is 0 Å². The van der Waals surface area contributed by atoms with Crippen molar-refractivity contribution in [1.29, 1.82) is 0 Å². The predicted octanol–water partition coefficient (Wildman–Crippen LogP) is 2.58. The molecule has 2 N–H and O–H groups in total. The second-order valence-electron chi connectivity index (χ2n) is 5.94. The second-order valence-corrected chi connectivity index (χ2v) is 7.67. The van der Waals surface area contributed by atoms with Gasteiger partial charge in [0.25, 0.3) is 0 Å². The Hall–Kier alpha value is -0.850. The molecular formula is C15H25NO4S. The fourth-order valence-corrected chi connectivity index (χ4v) is 4.34. The second kappa shape index (κ2) is 6.94. The molecule has 1 aliphatic rings. The van der Waals surface area contributed by atoms with E-state index in [1.54, 1.807) is 6.92 Å². The molecule has 1 aliphatic carbocycles. The highest BCUT2D eigenvalue weighted by atomic mass is 32.2. The monoisotopic (exact) mass is 315 g/mol. The van der Waals surface area contributed by atoms with Crippen LogP contribution in [0.4, 0.5) is 0 Å². The summed E-state index contributed by atoms with van der Waals surface area (Å²) < 4.78 is 32.5. The van der Waals surface area contributed by atoms with Crippen LogP contribution in [0.2, 0.25) is 0 Å². The molecule has 0 unspecified atom stereocenters. The molecule has 1 fully saturated rings. The number of aryl methyl sites for hydroxylation is 1. The zero-order valence-corrected chi connectivity index (χ0v) is 13.6. The van der Waals surface area contributed by atoms with E-state index in [9.17, 15) is 8.42 Å². The highest BCUT2D eigenvalue weighted by Gasteiger charge is 2.24. The minimum Gasteiger partial charge on any atom is -0.462 e. The lowest BCUT2D eigenvalue weighted by Crippen LogP contribution is -2.31. The average Bonchev–Trinajstić information content (AvgIpc) is 2.88. The Morgan fingerprint density at radius 1 is 1.29 bits per heavy atom. The van der Waals surface area contributed by atoms with Crippen LogP contribution < -0.4 is 4.72 Å². The molecule has 1 aromatic heterocycles. The van der Waals surface area contributed by atoms with Gasteiger partial charge >= 0.3 is 0 Å². The van der Waals surface area contributed by atoms with E-state index in [0.717, 1.165) is 18.8 Å². The van der Waals surface area contributed by atoms with Gasteiger partial charge in [0.15, 0.2) is 0 Å². The highest BCUT2D eigenvalue weighted by molar-refractivity contribution is 7.89. The van der Waals surface area contributed by atoms with Crippen molar-refractivity contribution in [2.45, 2.75) is 57.5 Å². The van der Waals surface area contributed by atoms with Crippen LogP contribution in [0.1, 0.15) is 50.5 Å². The lowest BCUT2D eigenvalue weighted by Gasteiger charge is -2.27. The maximum Gasteiger partial charge on any atom is 0.244 e. The van der Waals surface area contributed by atoms with E-state index >= 15 is 0 Å². The number of rotatable bonds is 6. The summed E-state index contributed by atoms with van der Waals surface area (Å²) in [5.74, 6) is 1.82. The van der Waals surface area contributed by atoms with Gasteiger partial charge in [-0.3, -0.25) is 0 Å². The first kappa shape index (κ1) is 16.5. The summed E-state index contributed by atoms with van der Waals surface area (Å²) in [5, 5.41) is 9.01. The highest BCUT2D eigenvalue weighted by Crippen LogP contribution is 2.30. The molecule has 0 saturated heterocycles. The smallest absolute Gasteiger partial charge is 0.244 e. The summed E-state index contributed by atoms with van der Waals surface area (Å²) >= 11 is 0. The van der Waals surface area contributed by atoms with Gasteiger partial charge in [0.05, 0.1) is 0 Å². The third kappa shape index (κ3) is 4.08. The van der Waals surface area contributed by atoms with Crippen molar-refractivity contribution in [1.82, 2.24) is 4.72 Å². The van der Waals surface area contributed by atoms with Gasteiger partial charge in [-0.05, 0) is 31.6 Å². The van der Waals surface area contributed by atoms with E-state index in [1.807, 2.05) is 0 Å². The van der Waals surface area contributed by atoms with Crippen molar-refractivity contribution in [2.24, 2.45) is 11.8 Å². The topological polar surface area (TPSA) is 79.5 Å². The van der Waals surface area contributed by atoms with Crippen molar-refractivity contribution in [3.63, 3.8) is 0 Å². The number of hydrogen-bond donors (Lipinski definition) is 2. The van der Waals surface area contributed by atoms with Crippen LogP contribution in [0, 0.1) is 18.8 Å². The molecule has 120 valence electrons. The molecule has 0 aliphatic heterocycles. The van der Waals surface area contributed by atoms with Crippen LogP contribution in [-0.4, -0.2) is 20.1 Å². The SMILES string of the molecule is CCC1CCC(CNS(=O)(=O)c2cc(CO)oc2C)CC1. The Morgan fingerprint density at radius 2 is 1.90 bits per heavy atom. The van der Waals surface area contributed by atoms with Crippen molar-refractivity contribution in [2.75, 3.05) is 6.54 Å².